The van der Waals surface area contributed by atoms with E-state index in [1.54, 1.807) is 0 Å². The summed E-state index contributed by atoms with van der Waals surface area (Å²) in [6.07, 6.45) is 8.07. The second-order valence-corrected chi connectivity index (χ2v) is 6.67. The van der Waals surface area contributed by atoms with E-state index in [2.05, 4.69) is 20.3 Å². The zero-order chi connectivity index (χ0) is 18.6. The average Bonchev–Trinajstić information content (AvgIpc) is 3.17. The summed E-state index contributed by atoms with van der Waals surface area (Å²) in [5.74, 6) is 0.225. The van der Waals surface area contributed by atoms with E-state index in [0.29, 0.717) is 5.56 Å². The lowest BCUT2D eigenvalue weighted by molar-refractivity contribution is 0.0889. The summed E-state index contributed by atoms with van der Waals surface area (Å²) in [4.78, 5) is 23.7. The smallest absolute Gasteiger partial charge is 0.251 e. The van der Waals surface area contributed by atoms with Gasteiger partial charge in [0.2, 0.25) is 5.69 Å². The van der Waals surface area contributed by atoms with Gasteiger partial charge in [-0.25, -0.2) is 9.97 Å². The number of fused-ring (bicyclic) bond motifs is 1. The van der Waals surface area contributed by atoms with Crippen molar-refractivity contribution in [3.8, 4) is 11.9 Å². The predicted octanol–water partition coefficient (Wildman–Crippen LogP) is 2.95. The van der Waals surface area contributed by atoms with Gasteiger partial charge in [0.05, 0.1) is 0 Å². The summed E-state index contributed by atoms with van der Waals surface area (Å²) in [6.45, 7) is 0. The summed E-state index contributed by atoms with van der Waals surface area (Å²) in [5, 5.41) is 13.3. The second-order valence-electron chi connectivity index (χ2n) is 6.67. The van der Waals surface area contributed by atoms with Crippen LogP contribution in [-0.2, 0) is 0 Å². The maximum absolute atomic E-state index is 12.5. The van der Waals surface area contributed by atoms with E-state index < -0.39 is 0 Å². The molecule has 0 saturated heterocycles. The van der Waals surface area contributed by atoms with Gasteiger partial charge in [-0.05, 0) is 49.3 Å². The quantitative estimate of drug-likeness (QED) is 0.743. The SMILES string of the molecule is N#Cc1nccnc1OC1CCC(NC(=O)c2ccc3cc[nH]c3c2)CC1. The molecule has 0 spiro atoms. The summed E-state index contributed by atoms with van der Waals surface area (Å²) in [7, 11) is 0. The van der Waals surface area contributed by atoms with Crippen molar-refractivity contribution < 1.29 is 9.53 Å². The Hall–Kier alpha value is -3.40. The molecule has 2 N–H and O–H groups in total. The normalized spacial score (nSPS) is 19.4. The first kappa shape index (κ1) is 17.0. The number of carbonyl (C=O) groups excluding carboxylic acids is 1. The highest BCUT2D eigenvalue weighted by atomic mass is 16.5. The highest BCUT2D eigenvalue weighted by Gasteiger charge is 2.25. The molecule has 0 bridgehead atoms. The van der Waals surface area contributed by atoms with Crippen LogP contribution in [0.5, 0.6) is 5.88 Å². The largest absolute Gasteiger partial charge is 0.472 e. The van der Waals surface area contributed by atoms with Gasteiger partial charge in [0, 0.05) is 35.7 Å². The minimum absolute atomic E-state index is 0.0165. The van der Waals surface area contributed by atoms with Gasteiger partial charge in [-0.1, -0.05) is 6.07 Å². The molecule has 1 amide bonds. The monoisotopic (exact) mass is 361 g/mol. The van der Waals surface area contributed by atoms with Gasteiger partial charge in [-0.2, -0.15) is 5.26 Å². The number of rotatable bonds is 4. The number of aromatic amines is 1. The molecular weight excluding hydrogens is 342 g/mol. The molecule has 4 rings (SSSR count). The molecular formula is C20H19N5O2. The highest BCUT2D eigenvalue weighted by Crippen LogP contribution is 2.24. The van der Waals surface area contributed by atoms with E-state index >= 15 is 0 Å². The van der Waals surface area contributed by atoms with Gasteiger partial charge in [0.25, 0.3) is 11.8 Å². The van der Waals surface area contributed by atoms with Crippen LogP contribution in [0.25, 0.3) is 10.9 Å². The van der Waals surface area contributed by atoms with Crippen LogP contribution in [0.2, 0.25) is 0 Å². The van der Waals surface area contributed by atoms with Gasteiger partial charge in [0.15, 0.2) is 0 Å². The third-order valence-corrected chi connectivity index (χ3v) is 4.88. The molecule has 7 nitrogen and oxygen atoms in total. The number of hydrogen-bond acceptors (Lipinski definition) is 5. The number of H-pyrrole nitrogens is 1. The third-order valence-electron chi connectivity index (χ3n) is 4.88. The lowest BCUT2D eigenvalue weighted by atomic mass is 9.92. The van der Waals surface area contributed by atoms with Crippen molar-refractivity contribution in [2.45, 2.75) is 37.8 Å². The van der Waals surface area contributed by atoms with Crippen molar-refractivity contribution in [2.24, 2.45) is 0 Å². The van der Waals surface area contributed by atoms with Gasteiger partial charge in [-0.3, -0.25) is 4.79 Å². The molecule has 0 aliphatic heterocycles. The number of benzene rings is 1. The number of amides is 1. The fraction of sp³-hybridized carbons (Fsp3) is 0.300. The maximum atomic E-state index is 12.5. The molecule has 27 heavy (non-hydrogen) atoms. The van der Waals surface area contributed by atoms with Crippen LogP contribution in [0.15, 0.2) is 42.9 Å². The van der Waals surface area contributed by atoms with Crippen molar-refractivity contribution in [3.05, 3.63) is 54.1 Å². The van der Waals surface area contributed by atoms with E-state index in [-0.39, 0.29) is 29.6 Å². The Labute approximate surface area is 156 Å². The molecule has 7 heteroatoms. The second kappa shape index (κ2) is 7.46. The van der Waals surface area contributed by atoms with Crippen molar-refractivity contribution in [2.75, 3.05) is 0 Å². The van der Waals surface area contributed by atoms with Crippen molar-refractivity contribution in [1.82, 2.24) is 20.3 Å². The summed E-state index contributed by atoms with van der Waals surface area (Å²) < 4.78 is 5.84. The molecule has 1 fully saturated rings. The first-order valence-electron chi connectivity index (χ1n) is 8.98. The van der Waals surface area contributed by atoms with Crippen LogP contribution in [-0.4, -0.2) is 33.0 Å². The minimum atomic E-state index is -0.0587. The van der Waals surface area contributed by atoms with Crippen LogP contribution >= 0.6 is 0 Å². The Morgan fingerprint density at radius 1 is 1.19 bits per heavy atom. The first-order valence-corrected chi connectivity index (χ1v) is 8.98. The third kappa shape index (κ3) is 3.75. The van der Waals surface area contributed by atoms with E-state index in [4.69, 9.17) is 10.00 Å². The van der Waals surface area contributed by atoms with Crippen LogP contribution in [0.3, 0.4) is 0 Å². The number of hydrogen-bond donors (Lipinski definition) is 2. The number of aromatic nitrogens is 3. The fourth-order valence-electron chi connectivity index (χ4n) is 3.43. The number of carbonyl (C=O) groups is 1. The number of nitriles is 1. The lowest BCUT2D eigenvalue weighted by Crippen LogP contribution is -2.39. The Kier molecular flexibility index (Phi) is 4.71. The number of nitrogens with zero attached hydrogens (tertiary/aromatic N) is 3. The Morgan fingerprint density at radius 2 is 2.00 bits per heavy atom. The van der Waals surface area contributed by atoms with E-state index in [1.165, 1.54) is 12.4 Å². The molecule has 2 heterocycles. The molecule has 3 aromatic rings. The zero-order valence-electron chi connectivity index (χ0n) is 14.7. The van der Waals surface area contributed by atoms with E-state index in [9.17, 15) is 4.79 Å². The van der Waals surface area contributed by atoms with E-state index in [0.717, 1.165) is 36.6 Å². The summed E-state index contributed by atoms with van der Waals surface area (Å²) in [6, 6.07) is 9.75. The number of ether oxygens (including phenoxy) is 1. The van der Waals surface area contributed by atoms with Gasteiger partial charge < -0.3 is 15.0 Å². The maximum Gasteiger partial charge on any atom is 0.251 e. The summed E-state index contributed by atoms with van der Waals surface area (Å²) in [5.41, 5.74) is 1.81. The van der Waals surface area contributed by atoms with Crippen LogP contribution in [0.4, 0.5) is 0 Å². The van der Waals surface area contributed by atoms with E-state index in [1.807, 2.05) is 36.5 Å². The first-order chi connectivity index (χ1) is 13.2. The molecule has 1 aliphatic rings. The standard InChI is InChI=1S/C20H19N5O2/c21-12-18-20(24-10-9-23-18)27-16-5-3-15(4-6-16)25-19(26)14-2-1-13-7-8-22-17(13)11-14/h1-2,7-11,15-16,22H,3-6H2,(H,25,26). The van der Waals surface area contributed by atoms with Gasteiger partial charge >= 0.3 is 0 Å². The molecule has 1 aliphatic carbocycles. The molecule has 1 saturated carbocycles. The number of nitrogens with one attached hydrogen (secondary N) is 2. The predicted molar refractivity (Wildman–Crippen MR) is 99.2 cm³/mol. The highest BCUT2D eigenvalue weighted by molar-refractivity contribution is 5.98. The van der Waals surface area contributed by atoms with Crippen molar-refractivity contribution in [3.63, 3.8) is 0 Å². The fourth-order valence-corrected chi connectivity index (χ4v) is 3.43. The average molecular weight is 361 g/mol. The zero-order valence-corrected chi connectivity index (χ0v) is 14.7. The summed E-state index contributed by atoms with van der Waals surface area (Å²) >= 11 is 0. The molecule has 0 unspecified atom stereocenters. The molecule has 136 valence electrons. The molecule has 1 aromatic carbocycles. The molecule has 2 aromatic heterocycles. The van der Waals surface area contributed by atoms with Crippen molar-refractivity contribution >= 4 is 16.8 Å². The van der Waals surface area contributed by atoms with Gasteiger partial charge in [0.1, 0.15) is 12.2 Å². The molecule has 0 radical (unpaired) electrons. The van der Waals surface area contributed by atoms with Crippen molar-refractivity contribution in [1.29, 1.82) is 5.26 Å². The molecule has 0 atom stereocenters. The van der Waals surface area contributed by atoms with Crippen LogP contribution < -0.4 is 10.1 Å². The van der Waals surface area contributed by atoms with Gasteiger partial charge in [-0.15, -0.1) is 0 Å². The lowest BCUT2D eigenvalue weighted by Gasteiger charge is -2.29. The Balaban J connectivity index is 1.32. The Bertz CT molecular complexity index is 999. The Morgan fingerprint density at radius 3 is 2.81 bits per heavy atom. The minimum Gasteiger partial charge on any atom is -0.472 e. The van der Waals surface area contributed by atoms with Crippen LogP contribution in [0, 0.1) is 11.3 Å². The topological polar surface area (TPSA) is 104 Å². The van der Waals surface area contributed by atoms with Crippen LogP contribution in [0.1, 0.15) is 41.7 Å².